The molecule has 3 nitrogen and oxygen atoms in total. The van der Waals surface area contributed by atoms with Crippen molar-refractivity contribution in [3.63, 3.8) is 0 Å². The van der Waals surface area contributed by atoms with Crippen LogP contribution in [0.15, 0.2) is 30.3 Å². The SMILES string of the molecule is CC(C)(COCc1ccccc1)NC(=O)C1CCCCC1. The maximum atomic E-state index is 12.3. The summed E-state index contributed by atoms with van der Waals surface area (Å²) in [5, 5.41) is 3.15. The Morgan fingerprint density at radius 1 is 1.19 bits per heavy atom. The summed E-state index contributed by atoms with van der Waals surface area (Å²) in [7, 11) is 0. The van der Waals surface area contributed by atoms with Crippen molar-refractivity contribution in [2.75, 3.05) is 6.61 Å². The monoisotopic (exact) mass is 289 g/mol. The lowest BCUT2D eigenvalue weighted by atomic mass is 9.88. The van der Waals surface area contributed by atoms with Crippen LogP contribution in [0.2, 0.25) is 0 Å². The molecule has 0 spiro atoms. The number of hydrogen-bond donors (Lipinski definition) is 1. The van der Waals surface area contributed by atoms with Gasteiger partial charge in [-0.1, -0.05) is 49.6 Å². The summed E-state index contributed by atoms with van der Waals surface area (Å²) < 4.78 is 5.76. The molecule has 1 aromatic rings. The van der Waals surface area contributed by atoms with Gasteiger partial charge in [0, 0.05) is 5.92 Å². The van der Waals surface area contributed by atoms with Crippen molar-refractivity contribution in [2.24, 2.45) is 5.92 Å². The van der Waals surface area contributed by atoms with Crippen molar-refractivity contribution >= 4 is 5.91 Å². The molecule has 1 fully saturated rings. The zero-order valence-corrected chi connectivity index (χ0v) is 13.2. The molecule has 1 aromatic carbocycles. The summed E-state index contributed by atoms with van der Waals surface area (Å²) in [6.45, 7) is 5.17. The number of amides is 1. The van der Waals surface area contributed by atoms with E-state index in [-0.39, 0.29) is 17.4 Å². The van der Waals surface area contributed by atoms with Crippen molar-refractivity contribution in [2.45, 2.75) is 58.1 Å². The summed E-state index contributed by atoms with van der Waals surface area (Å²) in [5.41, 5.74) is 0.843. The summed E-state index contributed by atoms with van der Waals surface area (Å²) >= 11 is 0. The van der Waals surface area contributed by atoms with E-state index in [1.54, 1.807) is 0 Å². The quantitative estimate of drug-likeness (QED) is 0.867. The number of benzene rings is 1. The molecule has 0 saturated heterocycles. The van der Waals surface area contributed by atoms with Crippen LogP contribution in [0.3, 0.4) is 0 Å². The van der Waals surface area contributed by atoms with E-state index in [0.29, 0.717) is 13.2 Å². The first-order valence-electron chi connectivity index (χ1n) is 8.00. The van der Waals surface area contributed by atoms with Crippen LogP contribution in [-0.4, -0.2) is 18.1 Å². The molecule has 1 amide bonds. The summed E-state index contributed by atoms with van der Waals surface area (Å²) in [4.78, 5) is 12.3. The average molecular weight is 289 g/mol. The van der Waals surface area contributed by atoms with E-state index in [0.717, 1.165) is 18.4 Å². The second-order valence-corrected chi connectivity index (χ2v) is 6.69. The molecule has 0 unspecified atom stereocenters. The van der Waals surface area contributed by atoms with Gasteiger partial charge in [0.2, 0.25) is 5.91 Å². The minimum absolute atomic E-state index is 0.197. The van der Waals surface area contributed by atoms with Crippen molar-refractivity contribution < 1.29 is 9.53 Å². The van der Waals surface area contributed by atoms with E-state index in [9.17, 15) is 4.79 Å². The normalized spacial score (nSPS) is 16.7. The van der Waals surface area contributed by atoms with Gasteiger partial charge in [-0.25, -0.2) is 0 Å². The largest absolute Gasteiger partial charge is 0.374 e. The van der Waals surface area contributed by atoms with Crippen molar-refractivity contribution in [1.29, 1.82) is 0 Å². The molecule has 0 aliphatic heterocycles. The van der Waals surface area contributed by atoms with E-state index < -0.39 is 0 Å². The van der Waals surface area contributed by atoms with Crippen LogP contribution in [-0.2, 0) is 16.1 Å². The molecule has 0 radical (unpaired) electrons. The predicted octanol–water partition coefficient (Wildman–Crippen LogP) is 3.68. The standard InChI is InChI=1S/C18H27NO2/c1-18(2,14-21-13-15-9-5-3-6-10-15)19-17(20)16-11-7-4-8-12-16/h3,5-6,9-10,16H,4,7-8,11-14H2,1-2H3,(H,19,20). The Labute approximate surface area is 128 Å². The Bertz CT molecular complexity index is 436. The first kappa shape index (κ1) is 16.0. The molecule has 21 heavy (non-hydrogen) atoms. The molecule has 2 rings (SSSR count). The molecular weight excluding hydrogens is 262 g/mol. The highest BCUT2D eigenvalue weighted by molar-refractivity contribution is 5.79. The van der Waals surface area contributed by atoms with Gasteiger partial charge in [-0.15, -0.1) is 0 Å². The van der Waals surface area contributed by atoms with Crippen LogP contribution in [0.1, 0.15) is 51.5 Å². The Hall–Kier alpha value is -1.35. The van der Waals surface area contributed by atoms with Gasteiger partial charge in [-0.2, -0.15) is 0 Å². The smallest absolute Gasteiger partial charge is 0.223 e. The van der Waals surface area contributed by atoms with Gasteiger partial charge in [0.25, 0.3) is 0 Å². The zero-order valence-electron chi connectivity index (χ0n) is 13.2. The van der Waals surface area contributed by atoms with Gasteiger partial charge in [-0.05, 0) is 32.3 Å². The number of carbonyl (C=O) groups excluding carboxylic acids is 1. The first-order valence-corrected chi connectivity index (χ1v) is 8.00. The predicted molar refractivity (Wildman–Crippen MR) is 84.9 cm³/mol. The Morgan fingerprint density at radius 3 is 2.52 bits per heavy atom. The van der Waals surface area contributed by atoms with E-state index in [1.807, 2.05) is 44.2 Å². The van der Waals surface area contributed by atoms with Crippen LogP contribution < -0.4 is 5.32 Å². The third kappa shape index (κ3) is 5.50. The highest BCUT2D eigenvalue weighted by atomic mass is 16.5. The van der Waals surface area contributed by atoms with Crippen LogP contribution in [0, 0.1) is 5.92 Å². The highest BCUT2D eigenvalue weighted by Gasteiger charge is 2.27. The molecule has 1 aliphatic carbocycles. The molecule has 3 heteroatoms. The third-order valence-corrected chi connectivity index (χ3v) is 4.01. The number of carbonyl (C=O) groups is 1. The number of nitrogens with one attached hydrogen (secondary N) is 1. The van der Waals surface area contributed by atoms with Gasteiger partial charge < -0.3 is 10.1 Å². The molecular formula is C18H27NO2. The van der Waals surface area contributed by atoms with Crippen LogP contribution >= 0.6 is 0 Å². The molecule has 1 N–H and O–H groups in total. The number of rotatable bonds is 6. The molecule has 0 atom stereocenters. The number of ether oxygens (including phenoxy) is 1. The van der Waals surface area contributed by atoms with E-state index >= 15 is 0 Å². The Morgan fingerprint density at radius 2 is 1.86 bits per heavy atom. The summed E-state index contributed by atoms with van der Waals surface area (Å²) in [6, 6.07) is 10.1. The van der Waals surface area contributed by atoms with E-state index in [4.69, 9.17) is 4.74 Å². The van der Waals surface area contributed by atoms with Gasteiger partial charge in [0.1, 0.15) is 0 Å². The second kappa shape index (κ2) is 7.60. The summed E-state index contributed by atoms with van der Waals surface area (Å²) in [5.74, 6) is 0.398. The maximum absolute atomic E-state index is 12.3. The fourth-order valence-corrected chi connectivity index (χ4v) is 2.83. The van der Waals surface area contributed by atoms with Gasteiger partial charge >= 0.3 is 0 Å². The maximum Gasteiger partial charge on any atom is 0.223 e. The van der Waals surface area contributed by atoms with E-state index in [1.165, 1.54) is 19.3 Å². The Balaban J connectivity index is 1.74. The van der Waals surface area contributed by atoms with Crippen LogP contribution in [0.4, 0.5) is 0 Å². The minimum Gasteiger partial charge on any atom is -0.374 e. The lowest BCUT2D eigenvalue weighted by molar-refractivity contribution is -0.128. The molecule has 0 bridgehead atoms. The second-order valence-electron chi connectivity index (χ2n) is 6.69. The fraction of sp³-hybridized carbons (Fsp3) is 0.611. The van der Waals surface area contributed by atoms with Gasteiger partial charge in [-0.3, -0.25) is 4.79 Å². The Kier molecular flexibility index (Phi) is 5.80. The molecule has 0 heterocycles. The molecule has 1 saturated carbocycles. The topological polar surface area (TPSA) is 38.3 Å². The van der Waals surface area contributed by atoms with Crippen molar-refractivity contribution in [3.05, 3.63) is 35.9 Å². The van der Waals surface area contributed by atoms with Crippen molar-refractivity contribution in [3.8, 4) is 0 Å². The minimum atomic E-state index is -0.316. The highest BCUT2D eigenvalue weighted by Crippen LogP contribution is 2.24. The zero-order chi connectivity index (χ0) is 15.1. The molecule has 1 aliphatic rings. The summed E-state index contributed by atoms with van der Waals surface area (Å²) in [6.07, 6.45) is 5.71. The first-order chi connectivity index (χ1) is 10.1. The number of hydrogen-bond acceptors (Lipinski definition) is 2. The van der Waals surface area contributed by atoms with Crippen LogP contribution in [0.5, 0.6) is 0 Å². The average Bonchev–Trinajstić information content (AvgIpc) is 2.48. The van der Waals surface area contributed by atoms with Gasteiger partial charge in [0.15, 0.2) is 0 Å². The third-order valence-electron chi connectivity index (χ3n) is 4.01. The fourth-order valence-electron chi connectivity index (χ4n) is 2.83. The van der Waals surface area contributed by atoms with E-state index in [2.05, 4.69) is 5.32 Å². The lowest BCUT2D eigenvalue weighted by Gasteiger charge is -2.30. The molecule has 0 aromatic heterocycles. The lowest BCUT2D eigenvalue weighted by Crippen LogP contribution is -2.49. The molecule has 116 valence electrons. The van der Waals surface area contributed by atoms with Crippen molar-refractivity contribution in [1.82, 2.24) is 5.32 Å². The van der Waals surface area contributed by atoms with Gasteiger partial charge in [0.05, 0.1) is 18.8 Å². The van der Waals surface area contributed by atoms with Crippen LogP contribution in [0.25, 0.3) is 0 Å².